The summed E-state index contributed by atoms with van der Waals surface area (Å²) in [5.74, 6) is 0.826. The highest BCUT2D eigenvalue weighted by molar-refractivity contribution is 6.30. The predicted molar refractivity (Wildman–Crippen MR) is 69.8 cm³/mol. The number of nitrogens with one attached hydrogen (secondary N) is 1. The summed E-state index contributed by atoms with van der Waals surface area (Å²) in [6, 6.07) is 6.85. The van der Waals surface area contributed by atoms with Gasteiger partial charge in [0.1, 0.15) is 0 Å². The molecule has 1 saturated carbocycles. The van der Waals surface area contributed by atoms with Gasteiger partial charge in [-0.3, -0.25) is 0 Å². The molecule has 1 N–H and O–H groups in total. The first-order chi connectivity index (χ1) is 7.66. The second-order valence-corrected chi connectivity index (χ2v) is 5.40. The van der Waals surface area contributed by atoms with Crippen molar-refractivity contribution in [1.82, 2.24) is 5.32 Å². The Balaban J connectivity index is 1.94. The van der Waals surface area contributed by atoms with Crippen molar-refractivity contribution in [1.29, 1.82) is 0 Å². The van der Waals surface area contributed by atoms with E-state index in [9.17, 15) is 0 Å². The van der Waals surface area contributed by atoms with E-state index >= 15 is 0 Å². The molecule has 0 bridgehead atoms. The highest BCUT2D eigenvalue weighted by atomic mass is 35.5. The first kappa shape index (κ1) is 11.9. The third kappa shape index (κ3) is 2.78. The molecule has 1 aliphatic carbocycles. The molecular formula is C14H20ClN. The smallest absolute Gasteiger partial charge is 0.0408 e. The van der Waals surface area contributed by atoms with E-state index in [2.05, 4.69) is 25.2 Å². The molecule has 0 radical (unpaired) electrons. The Morgan fingerprint density at radius 1 is 1.38 bits per heavy atom. The van der Waals surface area contributed by atoms with Crippen molar-refractivity contribution in [3.8, 4) is 0 Å². The van der Waals surface area contributed by atoms with E-state index in [1.807, 2.05) is 12.1 Å². The summed E-state index contributed by atoms with van der Waals surface area (Å²) < 4.78 is 0. The van der Waals surface area contributed by atoms with E-state index in [4.69, 9.17) is 11.6 Å². The van der Waals surface area contributed by atoms with Crippen LogP contribution in [0.2, 0.25) is 5.02 Å². The SMILES string of the molecule is Cc1cc(Cl)ccc1CNC1CCCC1C. The van der Waals surface area contributed by atoms with Crippen LogP contribution in [0.4, 0.5) is 0 Å². The molecule has 0 aromatic heterocycles. The molecular weight excluding hydrogens is 218 g/mol. The summed E-state index contributed by atoms with van der Waals surface area (Å²) in [4.78, 5) is 0. The van der Waals surface area contributed by atoms with Gasteiger partial charge in [-0.05, 0) is 48.9 Å². The summed E-state index contributed by atoms with van der Waals surface area (Å²) in [6.07, 6.45) is 4.07. The van der Waals surface area contributed by atoms with Crippen molar-refractivity contribution >= 4 is 11.6 Å². The monoisotopic (exact) mass is 237 g/mol. The van der Waals surface area contributed by atoms with Crippen molar-refractivity contribution in [2.45, 2.75) is 45.7 Å². The second-order valence-electron chi connectivity index (χ2n) is 4.97. The molecule has 0 saturated heterocycles. The van der Waals surface area contributed by atoms with Crippen LogP contribution in [0.1, 0.15) is 37.3 Å². The molecule has 1 aromatic carbocycles. The van der Waals surface area contributed by atoms with Crippen LogP contribution in [0, 0.1) is 12.8 Å². The van der Waals surface area contributed by atoms with E-state index in [1.165, 1.54) is 30.4 Å². The van der Waals surface area contributed by atoms with Crippen molar-refractivity contribution in [3.05, 3.63) is 34.3 Å². The van der Waals surface area contributed by atoms with Gasteiger partial charge in [0.05, 0.1) is 0 Å². The Hall–Kier alpha value is -0.530. The molecule has 1 aliphatic rings. The summed E-state index contributed by atoms with van der Waals surface area (Å²) >= 11 is 5.95. The van der Waals surface area contributed by atoms with Gasteiger partial charge < -0.3 is 5.32 Å². The quantitative estimate of drug-likeness (QED) is 0.840. The number of hydrogen-bond donors (Lipinski definition) is 1. The van der Waals surface area contributed by atoms with Gasteiger partial charge in [-0.2, -0.15) is 0 Å². The van der Waals surface area contributed by atoms with Crippen LogP contribution in [0.15, 0.2) is 18.2 Å². The van der Waals surface area contributed by atoms with Gasteiger partial charge in [0.15, 0.2) is 0 Å². The zero-order chi connectivity index (χ0) is 11.5. The van der Waals surface area contributed by atoms with Crippen molar-refractivity contribution < 1.29 is 0 Å². The van der Waals surface area contributed by atoms with Gasteiger partial charge in [0, 0.05) is 17.6 Å². The zero-order valence-corrected chi connectivity index (χ0v) is 10.8. The Morgan fingerprint density at radius 2 is 2.19 bits per heavy atom. The Kier molecular flexibility index (Phi) is 3.88. The Morgan fingerprint density at radius 3 is 2.81 bits per heavy atom. The largest absolute Gasteiger partial charge is 0.310 e. The topological polar surface area (TPSA) is 12.0 Å². The number of halogens is 1. The lowest BCUT2D eigenvalue weighted by atomic mass is 10.0. The molecule has 1 nitrogen and oxygen atoms in total. The molecule has 88 valence electrons. The molecule has 2 unspecified atom stereocenters. The van der Waals surface area contributed by atoms with Gasteiger partial charge in [-0.1, -0.05) is 31.0 Å². The molecule has 0 aliphatic heterocycles. The fraction of sp³-hybridized carbons (Fsp3) is 0.571. The van der Waals surface area contributed by atoms with Crippen LogP contribution >= 0.6 is 11.6 Å². The van der Waals surface area contributed by atoms with E-state index in [0.29, 0.717) is 6.04 Å². The minimum atomic E-state index is 0.704. The molecule has 2 rings (SSSR count). The number of aryl methyl sites for hydroxylation is 1. The maximum atomic E-state index is 5.95. The Labute approximate surface area is 103 Å². The van der Waals surface area contributed by atoms with Crippen molar-refractivity contribution in [2.75, 3.05) is 0 Å². The molecule has 2 heteroatoms. The van der Waals surface area contributed by atoms with E-state index < -0.39 is 0 Å². The van der Waals surface area contributed by atoms with Gasteiger partial charge in [-0.15, -0.1) is 0 Å². The summed E-state index contributed by atoms with van der Waals surface area (Å²) in [6.45, 7) is 5.44. The van der Waals surface area contributed by atoms with Crippen molar-refractivity contribution in [2.24, 2.45) is 5.92 Å². The molecule has 1 aromatic rings. The maximum absolute atomic E-state index is 5.95. The van der Waals surface area contributed by atoms with Gasteiger partial charge in [-0.25, -0.2) is 0 Å². The number of benzene rings is 1. The normalized spacial score (nSPS) is 24.9. The minimum Gasteiger partial charge on any atom is -0.310 e. The third-order valence-electron chi connectivity index (χ3n) is 3.72. The fourth-order valence-corrected chi connectivity index (χ4v) is 2.77. The van der Waals surface area contributed by atoms with Crippen molar-refractivity contribution in [3.63, 3.8) is 0 Å². The third-order valence-corrected chi connectivity index (χ3v) is 3.96. The number of rotatable bonds is 3. The molecule has 0 heterocycles. The first-order valence-electron chi connectivity index (χ1n) is 6.15. The average Bonchev–Trinajstić information content (AvgIpc) is 2.63. The Bertz CT molecular complexity index is 362. The highest BCUT2D eigenvalue weighted by Gasteiger charge is 2.22. The minimum absolute atomic E-state index is 0.704. The average molecular weight is 238 g/mol. The van der Waals surface area contributed by atoms with E-state index in [-0.39, 0.29) is 0 Å². The van der Waals surface area contributed by atoms with Crippen LogP contribution in [0.3, 0.4) is 0 Å². The standard InChI is InChI=1S/C14H20ClN/c1-10-4-3-5-14(10)16-9-12-6-7-13(15)8-11(12)2/h6-8,10,14,16H,3-5,9H2,1-2H3. The number of hydrogen-bond acceptors (Lipinski definition) is 1. The summed E-state index contributed by atoms with van der Waals surface area (Å²) in [5, 5.41) is 4.49. The first-order valence-corrected chi connectivity index (χ1v) is 6.53. The second kappa shape index (κ2) is 5.20. The lowest BCUT2D eigenvalue weighted by molar-refractivity contribution is 0.425. The van der Waals surface area contributed by atoms with Crippen LogP contribution < -0.4 is 5.32 Å². The lowest BCUT2D eigenvalue weighted by Gasteiger charge is -2.18. The van der Waals surface area contributed by atoms with Gasteiger partial charge >= 0.3 is 0 Å². The molecule has 0 spiro atoms. The molecule has 16 heavy (non-hydrogen) atoms. The zero-order valence-electron chi connectivity index (χ0n) is 10.1. The molecule has 0 amide bonds. The maximum Gasteiger partial charge on any atom is 0.0408 e. The lowest BCUT2D eigenvalue weighted by Crippen LogP contribution is -2.30. The van der Waals surface area contributed by atoms with Crippen LogP contribution in [-0.4, -0.2) is 6.04 Å². The van der Waals surface area contributed by atoms with Crippen LogP contribution in [-0.2, 0) is 6.54 Å². The van der Waals surface area contributed by atoms with Gasteiger partial charge in [0.2, 0.25) is 0 Å². The summed E-state index contributed by atoms with van der Waals surface area (Å²) in [7, 11) is 0. The van der Waals surface area contributed by atoms with E-state index in [0.717, 1.165) is 17.5 Å². The van der Waals surface area contributed by atoms with Crippen LogP contribution in [0.5, 0.6) is 0 Å². The highest BCUT2D eigenvalue weighted by Crippen LogP contribution is 2.25. The predicted octanol–water partition coefficient (Wildman–Crippen LogP) is 3.93. The summed E-state index contributed by atoms with van der Waals surface area (Å²) in [5.41, 5.74) is 2.65. The van der Waals surface area contributed by atoms with Crippen LogP contribution in [0.25, 0.3) is 0 Å². The molecule has 2 atom stereocenters. The van der Waals surface area contributed by atoms with Gasteiger partial charge in [0.25, 0.3) is 0 Å². The molecule has 1 fully saturated rings. The van der Waals surface area contributed by atoms with E-state index in [1.54, 1.807) is 0 Å². The fourth-order valence-electron chi connectivity index (χ4n) is 2.55.